The number of fused-ring (bicyclic) bond motifs is 1. The van der Waals surface area contributed by atoms with Gasteiger partial charge in [-0.3, -0.25) is 9.78 Å². The molecule has 0 radical (unpaired) electrons. The highest BCUT2D eigenvalue weighted by Gasteiger charge is 2.25. The summed E-state index contributed by atoms with van der Waals surface area (Å²) in [6, 6.07) is 17.1. The van der Waals surface area contributed by atoms with Crippen molar-refractivity contribution in [2.45, 2.75) is 13.5 Å². The zero-order chi connectivity index (χ0) is 22.9. The average molecular weight is 458 g/mol. The molecule has 0 aliphatic carbocycles. The first kappa shape index (κ1) is 21.0. The van der Waals surface area contributed by atoms with Crippen molar-refractivity contribution in [2.24, 2.45) is 0 Å². The van der Waals surface area contributed by atoms with Crippen molar-refractivity contribution in [1.82, 2.24) is 14.5 Å². The quantitative estimate of drug-likeness (QED) is 0.295. The number of hydrogen-bond donors (Lipinski definition) is 0. The molecule has 0 unspecified atom stereocenters. The Labute approximate surface area is 195 Å². The van der Waals surface area contributed by atoms with Gasteiger partial charge in [-0.1, -0.05) is 23.7 Å². The van der Waals surface area contributed by atoms with E-state index in [2.05, 4.69) is 14.5 Å². The van der Waals surface area contributed by atoms with Crippen molar-refractivity contribution >= 4 is 28.3 Å². The molecule has 2 aromatic carbocycles. The molecule has 5 aromatic rings. The van der Waals surface area contributed by atoms with Crippen LogP contribution < -0.4 is 4.74 Å². The van der Waals surface area contributed by atoms with Crippen LogP contribution in [0.25, 0.3) is 22.4 Å². The standard InChI is InChI=1S/C26H20ClN3O3/c1-16-24(25(31)23-14-29-26(33-23)18-4-3-11-28-13-18)21-12-20(32-2)9-10-22(21)30(16)15-17-5-7-19(27)8-6-17/h3-14H,15H2,1-2H3. The Morgan fingerprint density at radius 2 is 1.94 bits per heavy atom. The highest BCUT2D eigenvalue weighted by molar-refractivity contribution is 6.30. The SMILES string of the molecule is COc1ccc2c(c1)c(C(=O)c1cnc(-c3cccnc3)o1)c(C)n2Cc1ccc(Cl)cc1. The van der Waals surface area contributed by atoms with E-state index in [0.717, 1.165) is 22.2 Å². The Morgan fingerprint density at radius 1 is 1.12 bits per heavy atom. The number of oxazole rings is 1. The maximum atomic E-state index is 13.6. The summed E-state index contributed by atoms with van der Waals surface area (Å²) < 4.78 is 13.4. The molecule has 3 aromatic heterocycles. The predicted octanol–water partition coefficient (Wildman–Crippen LogP) is 5.94. The topological polar surface area (TPSA) is 70.2 Å². The molecule has 5 rings (SSSR count). The molecule has 0 saturated carbocycles. The van der Waals surface area contributed by atoms with Gasteiger partial charge in [0.15, 0.2) is 5.76 Å². The average Bonchev–Trinajstić information content (AvgIpc) is 3.44. The van der Waals surface area contributed by atoms with Gasteiger partial charge >= 0.3 is 0 Å². The van der Waals surface area contributed by atoms with Crippen molar-refractivity contribution in [3.8, 4) is 17.2 Å². The number of pyridine rings is 1. The van der Waals surface area contributed by atoms with Crippen LogP contribution in [-0.2, 0) is 6.54 Å². The highest BCUT2D eigenvalue weighted by atomic mass is 35.5. The van der Waals surface area contributed by atoms with Crippen molar-refractivity contribution in [1.29, 1.82) is 0 Å². The van der Waals surface area contributed by atoms with Crippen LogP contribution in [-0.4, -0.2) is 27.4 Å². The fourth-order valence-corrected chi connectivity index (χ4v) is 4.10. The van der Waals surface area contributed by atoms with Gasteiger partial charge in [0.25, 0.3) is 0 Å². The van der Waals surface area contributed by atoms with Crippen LogP contribution in [0, 0.1) is 6.92 Å². The number of carbonyl (C=O) groups excluding carboxylic acids is 1. The van der Waals surface area contributed by atoms with E-state index in [0.29, 0.717) is 34.3 Å². The van der Waals surface area contributed by atoms with E-state index >= 15 is 0 Å². The number of ketones is 1. The van der Waals surface area contributed by atoms with Crippen LogP contribution in [0.15, 0.2) is 77.6 Å². The van der Waals surface area contributed by atoms with Crippen LogP contribution in [0.1, 0.15) is 27.4 Å². The van der Waals surface area contributed by atoms with Gasteiger partial charge in [0, 0.05) is 40.6 Å². The predicted molar refractivity (Wildman–Crippen MR) is 127 cm³/mol. The molecule has 7 heteroatoms. The van der Waals surface area contributed by atoms with Crippen LogP contribution in [0.4, 0.5) is 0 Å². The van der Waals surface area contributed by atoms with Gasteiger partial charge in [-0.25, -0.2) is 4.98 Å². The molecular formula is C26H20ClN3O3. The highest BCUT2D eigenvalue weighted by Crippen LogP contribution is 2.32. The summed E-state index contributed by atoms with van der Waals surface area (Å²) in [4.78, 5) is 22.0. The Bertz CT molecular complexity index is 1450. The van der Waals surface area contributed by atoms with Crippen LogP contribution >= 0.6 is 11.6 Å². The molecule has 3 heterocycles. The summed E-state index contributed by atoms with van der Waals surface area (Å²) in [5.74, 6) is 0.967. The van der Waals surface area contributed by atoms with E-state index in [4.69, 9.17) is 20.8 Å². The molecule has 33 heavy (non-hydrogen) atoms. The second kappa shape index (κ2) is 8.56. The van der Waals surface area contributed by atoms with E-state index in [1.807, 2.05) is 55.5 Å². The zero-order valence-corrected chi connectivity index (χ0v) is 18.8. The molecule has 0 aliphatic heterocycles. The van der Waals surface area contributed by atoms with E-state index in [1.165, 1.54) is 6.20 Å². The van der Waals surface area contributed by atoms with Crippen LogP contribution in [0.5, 0.6) is 5.75 Å². The Balaban J connectivity index is 1.61. The second-order valence-corrected chi connectivity index (χ2v) is 8.09. The van der Waals surface area contributed by atoms with E-state index in [1.54, 1.807) is 25.6 Å². The fraction of sp³-hybridized carbons (Fsp3) is 0.115. The third-order valence-electron chi connectivity index (χ3n) is 5.65. The summed E-state index contributed by atoms with van der Waals surface area (Å²) in [7, 11) is 1.61. The number of methoxy groups -OCH3 is 1. The lowest BCUT2D eigenvalue weighted by Gasteiger charge is -2.09. The number of ether oxygens (including phenoxy) is 1. The normalized spacial score (nSPS) is 11.1. The van der Waals surface area contributed by atoms with E-state index in [-0.39, 0.29) is 11.5 Å². The molecule has 6 nitrogen and oxygen atoms in total. The monoisotopic (exact) mass is 457 g/mol. The van der Waals surface area contributed by atoms with Crippen LogP contribution in [0.2, 0.25) is 5.02 Å². The molecular weight excluding hydrogens is 438 g/mol. The van der Waals surface area contributed by atoms with E-state index in [9.17, 15) is 4.79 Å². The summed E-state index contributed by atoms with van der Waals surface area (Å²) in [6.45, 7) is 2.53. The summed E-state index contributed by atoms with van der Waals surface area (Å²) in [6.07, 6.45) is 4.78. The van der Waals surface area contributed by atoms with Gasteiger partial charge in [0.1, 0.15) is 5.75 Å². The molecule has 0 N–H and O–H groups in total. The van der Waals surface area contributed by atoms with Gasteiger partial charge in [0.05, 0.1) is 24.4 Å². The first-order valence-electron chi connectivity index (χ1n) is 10.4. The fourth-order valence-electron chi connectivity index (χ4n) is 3.98. The van der Waals surface area contributed by atoms with Crippen molar-refractivity contribution < 1.29 is 13.9 Å². The third-order valence-corrected chi connectivity index (χ3v) is 5.90. The zero-order valence-electron chi connectivity index (χ0n) is 18.1. The lowest BCUT2D eigenvalue weighted by atomic mass is 10.1. The number of halogens is 1. The molecule has 164 valence electrons. The lowest BCUT2D eigenvalue weighted by molar-refractivity contribution is 0.101. The number of benzene rings is 2. The number of hydrogen-bond acceptors (Lipinski definition) is 5. The molecule has 0 saturated heterocycles. The van der Waals surface area contributed by atoms with Gasteiger partial charge in [-0.2, -0.15) is 0 Å². The Kier molecular flexibility index (Phi) is 5.44. The van der Waals surface area contributed by atoms with Crippen LogP contribution in [0.3, 0.4) is 0 Å². The van der Waals surface area contributed by atoms with Gasteiger partial charge in [0.2, 0.25) is 11.7 Å². The Morgan fingerprint density at radius 3 is 2.67 bits per heavy atom. The first-order chi connectivity index (χ1) is 16.0. The molecule has 0 fully saturated rings. The smallest absolute Gasteiger partial charge is 0.232 e. The third kappa shape index (κ3) is 3.90. The molecule has 0 atom stereocenters. The molecule has 0 bridgehead atoms. The number of carbonyl (C=O) groups is 1. The number of rotatable bonds is 6. The minimum atomic E-state index is -0.233. The van der Waals surface area contributed by atoms with E-state index < -0.39 is 0 Å². The number of nitrogens with zero attached hydrogens (tertiary/aromatic N) is 3. The first-order valence-corrected chi connectivity index (χ1v) is 10.7. The number of aromatic nitrogens is 3. The molecule has 0 aliphatic rings. The lowest BCUT2D eigenvalue weighted by Crippen LogP contribution is -2.05. The van der Waals surface area contributed by atoms with Gasteiger partial charge in [-0.05, 0) is 55.0 Å². The van der Waals surface area contributed by atoms with Crippen molar-refractivity contribution in [3.05, 3.63) is 101 Å². The van der Waals surface area contributed by atoms with Crippen molar-refractivity contribution in [2.75, 3.05) is 7.11 Å². The second-order valence-electron chi connectivity index (χ2n) is 7.66. The van der Waals surface area contributed by atoms with Gasteiger partial charge in [-0.15, -0.1) is 0 Å². The van der Waals surface area contributed by atoms with Gasteiger partial charge < -0.3 is 13.7 Å². The minimum absolute atomic E-state index is 0.172. The summed E-state index contributed by atoms with van der Waals surface area (Å²) >= 11 is 6.05. The van der Waals surface area contributed by atoms with Crippen molar-refractivity contribution in [3.63, 3.8) is 0 Å². The maximum Gasteiger partial charge on any atom is 0.232 e. The summed E-state index contributed by atoms with van der Waals surface area (Å²) in [5, 5.41) is 1.48. The molecule has 0 spiro atoms. The minimum Gasteiger partial charge on any atom is -0.497 e. The largest absolute Gasteiger partial charge is 0.497 e. The summed E-state index contributed by atoms with van der Waals surface area (Å²) in [5.41, 5.74) is 4.11. The maximum absolute atomic E-state index is 13.6. The Hall–Kier alpha value is -3.90. The molecule has 0 amide bonds.